The Balaban J connectivity index is 3.07. The Kier molecular flexibility index (Phi) is 2.95. The van der Waals surface area contributed by atoms with Crippen LogP contribution in [0.2, 0.25) is 0 Å². The van der Waals surface area contributed by atoms with Crippen molar-refractivity contribution in [2.45, 2.75) is 6.61 Å². The maximum Gasteiger partial charge on any atom is 0.387 e. The lowest BCUT2D eigenvalue weighted by atomic mass is 10.2. The van der Waals surface area contributed by atoms with Crippen LogP contribution in [0.4, 0.5) is 13.2 Å². The first kappa shape index (κ1) is 10.4. The van der Waals surface area contributed by atoms with Crippen LogP contribution in [0.1, 0.15) is 10.4 Å². The number of aromatic carboxylic acids is 1. The van der Waals surface area contributed by atoms with Gasteiger partial charge >= 0.3 is 12.6 Å². The molecule has 3 nitrogen and oxygen atoms in total. The normalized spacial score (nSPS) is 10.3. The smallest absolute Gasteiger partial charge is 0.387 e. The second-order valence-electron chi connectivity index (χ2n) is 2.30. The summed E-state index contributed by atoms with van der Waals surface area (Å²) in [5.41, 5.74) is -0.705. The maximum atomic E-state index is 13.0. The van der Waals surface area contributed by atoms with Gasteiger partial charge in [0.2, 0.25) is 0 Å². The summed E-state index contributed by atoms with van der Waals surface area (Å²) < 4.78 is 40.2. The summed E-state index contributed by atoms with van der Waals surface area (Å²) in [6.45, 7) is -3.19. The number of halogens is 3. The topological polar surface area (TPSA) is 46.5 Å². The molecule has 14 heavy (non-hydrogen) atoms. The van der Waals surface area contributed by atoms with Crippen LogP contribution in [0, 0.1) is 5.82 Å². The molecular weight excluding hydrogens is 201 g/mol. The molecule has 0 unspecified atom stereocenters. The van der Waals surface area contributed by atoms with Crippen LogP contribution < -0.4 is 4.74 Å². The maximum absolute atomic E-state index is 13.0. The minimum Gasteiger partial charge on any atom is -0.478 e. The number of carboxylic acid groups (broad SMARTS) is 1. The molecule has 1 aromatic carbocycles. The van der Waals surface area contributed by atoms with Crippen LogP contribution in [-0.2, 0) is 0 Å². The van der Waals surface area contributed by atoms with Gasteiger partial charge in [-0.15, -0.1) is 0 Å². The molecule has 0 aliphatic heterocycles. The lowest BCUT2D eigenvalue weighted by Gasteiger charge is -2.06. The van der Waals surface area contributed by atoms with Crippen LogP contribution in [0.15, 0.2) is 18.2 Å². The van der Waals surface area contributed by atoms with Crippen molar-refractivity contribution in [3.05, 3.63) is 29.6 Å². The Hall–Kier alpha value is -1.72. The summed E-state index contributed by atoms with van der Waals surface area (Å²) in [5, 5.41) is 8.44. The summed E-state index contributed by atoms with van der Waals surface area (Å²) in [7, 11) is 0. The molecule has 0 bridgehead atoms. The molecule has 0 aromatic heterocycles. The fourth-order valence-corrected chi connectivity index (χ4v) is 0.863. The van der Waals surface area contributed by atoms with Gasteiger partial charge in [-0.2, -0.15) is 8.78 Å². The second-order valence-corrected chi connectivity index (χ2v) is 2.30. The highest BCUT2D eigenvalue weighted by atomic mass is 19.3. The van der Waals surface area contributed by atoms with E-state index in [-0.39, 0.29) is 0 Å². The zero-order chi connectivity index (χ0) is 10.7. The van der Waals surface area contributed by atoms with E-state index in [9.17, 15) is 18.0 Å². The SMILES string of the molecule is O=C(O)c1cccc(OC(F)F)c1F. The highest BCUT2D eigenvalue weighted by Gasteiger charge is 2.16. The van der Waals surface area contributed by atoms with Crippen molar-refractivity contribution in [3.8, 4) is 5.75 Å². The molecular formula is C8H5F3O3. The van der Waals surface area contributed by atoms with Crippen LogP contribution in [-0.4, -0.2) is 17.7 Å². The number of hydrogen-bond acceptors (Lipinski definition) is 2. The van der Waals surface area contributed by atoms with Gasteiger partial charge in [0.25, 0.3) is 0 Å². The van der Waals surface area contributed by atoms with Crippen molar-refractivity contribution in [1.82, 2.24) is 0 Å². The van der Waals surface area contributed by atoms with Gasteiger partial charge in [0.05, 0.1) is 5.56 Å². The third-order valence-electron chi connectivity index (χ3n) is 1.41. The summed E-state index contributed by atoms with van der Waals surface area (Å²) >= 11 is 0. The highest BCUT2D eigenvalue weighted by molar-refractivity contribution is 5.88. The zero-order valence-electron chi connectivity index (χ0n) is 6.71. The standard InChI is InChI=1S/C8H5F3O3/c9-6-4(7(12)13)2-1-3-5(6)14-8(10)11/h1-3,8H,(H,12,13). The van der Waals surface area contributed by atoms with Gasteiger partial charge in [0.15, 0.2) is 11.6 Å². The molecule has 0 fully saturated rings. The van der Waals surface area contributed by atoms with E-state index in [0.29, 0.717) is 0 Å². The van der Waals surface area contributed by atoms with Gasteiger partial charge in [0.1, 0.15) is 0 Å². The molecule has 1 rings (SSSR count). The lowest BCUT2D eigenvalue weighted by molar-refractivity contribution is -0.0523. The highest BCUT2D eigenvalue weighted by Crippen LogP contribution is 2.21. The van der Waals surface area contributed by atoms with Gasteiger partial charge in [-0.25, -0.2) is 9.18 Å². The molecule has 76 valence electrons. The van der Waals surface area contributed by atoms with Gasteiger partial charge in [-0.05, 0) is 12.1 Å². The number of alkyl halides is 2. The number of carbonyl (C=O) groups is 1. The second kappa shape index (κ2) is 3.99. The monoisotopic (exact) mass is 206 g/mol. The number of benzene rings is 1. The third-order valence-corrected chi connectivity index (χ3v) is 1.41. The number of carboxylic acids is 1. The van der Waals surface area contributed by atoms with Crippen molar-refractivity contribution in [2.24, 2.45) is 0 Å². The fraction of sp³-hybridized carbons (Fsp3) is 0.125. The Morgan fingerprint density at radius 3 is 2.57 bits per heavy atom. The number of rotatable bonds is 3. The molecule has 0 spiro atoms. The summed E-state index contributed by atoms with van der Waals surface area (Å²) in [5.74, 6) is -3.62. The Morgan fingerprint density at radius 2 is 2.07 bits per heavy atom. The van der Waals surface area contributed by atoms with E-state index < -0.39 is 29.7 Å². The van der Waals surface area contributed by atoms with Crippen LogP contribution in [0.3, 0.4) is 0 Å². The summed E-state index contributed by atoms with van der Waals surface area (Å²) in [6, 6.07) is 2.99. The Morgan fingerprint density at radius 1 is 1.43 bits per heavy atom. The molecule has 0 atom stereocenters. The fourth-order valence-electron chi connectivity index (χ4n) is 0.863. The first-order chi connectivity index (χ1) is 6.52. The van der Waals surface area contributed by atoms with Crippen molar-refractivity contribution >= 4 is 5.97 Å². The van der Waals surface area contributed by atoms with Gasteiger partial charge in [-0.1, -0.05) is 6.07 Å². The molecule has 0 aliphatic carbocycles. The molecule has 0 aliphatic rings. The summed E-state index contributed by atoms with van der Waals surface area (Å²) in [4.78, 5) is 10.4. The van der Waals surface area contributed by atoms with E-state index in [4.69, 9.17) is 5.11 Å². The van der Waals surface area contributed by atoms with Crippen molar-refractivity contribution in [2.75, 3.05) is 0 Å². The van der Waals surface area contributed by atoms with Crippen molar-refractivity contribution in [3.63, 3.8) is 0 Å². The number of ether oxygens (including phenoxy) is 1. The molecule has 6 heteroatoms. The van der Waals surface area contributed by atoms with E-state index in [2.05, 4.69) is 4.74 Å². The minimum atomic E-state index is -3.19. The van der Waals surface area contributed by atoms with E-state index in [1.807, 2.05) is 0 Å². The van der Waals surface area contributed by atoms with Crippen LogP contribution in [0.25, 0.3) is 0 Å². The van der Waals surface area contributed by atoms with Crippen molar-refractivity contribution in [1.29, 1.82) is 0 Å². The van der Waals surface area contributed by atoms with Gasteiger partial charge in [-0.3, -0.25) is 0 Å². The minimum absolute atomic E-state index is 0.705. The number of hydrogen-bond donors (Lipinski definition) is 1. The van der Waals surface area contributed by atoms with Gasteiger partial charge < -0.3 is 9.84 Å². The first-order valence-electron chi connectivity index (χ1n) is 3.49. The molecule has 0 saturated carbocycles. The lowest BCUT2D eigenvalue weighted by Crippen LogP contribution is -2.07. The van der Waals surface area contributed by atoms with E-state index in [0.717, 1.165) is 18.2 Å². The Labute approximate surface area is 76.7 Å². The van der Waals surface area contributed by atoms with Crippen LogP contribution >= 0.6 is 0 Å². The Bertz CT molecular complexity index is 352. The first-order valence-corrected chi connectivity index (χ1v) is 3.49. The molecule has 1 aromatic rings. The molecule has 0 amide bonds. The van der Waals surface area contributed by atoms with Crippen molar-refractivity contribution < 1.29 is 27.8 Å². The van der Waals surface area contributed by atoms with E-state index in [1.54, 1.807) is 0 Å². The van der Waals surface area contributed by atoms with E-state index in [1.165, 1.54) is 0 Å². The molecule has 0 saturated heterocycles. The predicted molar refractivity (Wildman–Crippen MR) is 40.0 cm³/mol. The summed E-state index contributed by atoms with van der Waals surface area (Å²) in [6.07, 6.45) is 0. The molecule has 0 heterocycles. The van der Waals surface area contributed by atoms with E-state index >= 15 is 0 Å². The van der Waals surface area contributed by atoms with Gasteiger partial charge in [0, 0.05) is 0 Å². The third kappa shape index (κ3) is 2.15. The zero-order valence-corrected chi connectivity index (χ0v) is 6.71. The quantitative estimate of drug-likeness (QED) is 0.823. The average molecular weight is 206 g/mol. The largest absolute Gasteiger partial charge is 0.478 e. The average Bonchev–Trinajstić information content (AvgIpc) is 2.07. The molecule has 1 N–H and O–H groups in total. The molecule has 0 radical (unpaired) electrons. The van der Waals surface area contributed by atoms with Crippen LogP contribution in [0.5, 0.6) is 5.75 Å². The predicted octanol–water partition coefficient (Wildman–Crippen LogP) is 2.13.